The van der Waals surface area contributed by atoms with Crippen molar-refractivity contribution in [2.45, 2.75) is 31.9 Å². The van der Waals surface area contributed by atoms with Crippen molar-refractivity contribution >= 4 is 5.91 Å². The standard InChI is InChI=1S/C17H20FN3O2/c18-14-6-4-13(5-7-14)16(23)17-19-8-11-21(17)12-15(22)20-9-2-1-3-10-20/h4-8,11,16,23H,1-3,9-10,12H2/t16-/m0/s1. The molecule has 1 saturated heterocycles. The molecule has 122 valence electrons. The number of likely N-dealkylation sites (tertiary alicyclic amines) is 1. The molecule has 1 aliphatic rings. The third-order valence-corrected chi connectivity index (χ3v) is 4.19. The zero-order chi connectivity index (χ0) is 16.2. The smallest absolute Gasteiger partial charge is 0.242 e. The van der Waals surface area contributed by atoms with E-state index >= 15 is 0 Å². The van der Waals surface area contributed by atoms with Crippen LogP contribution in [0.4, 0.5) is 4.39 Å². The van der Waals surface area contributed by atoms with Gasteiger partial charge in [-0.1, -0.05) is 12.1 Å². The predicted octanol–water partition coefficient (Wildman–Crippen LogP) is 2.12. The van der Waals surface area contributed by atoms with Crippen LogP contribution in [0.25, 0.3) is 0 Å². The average molecular weight is 317 g/mol. The van der Waals surface area contributed by atoms with Crippen molar-refractivity contribution < 1.29 is 14.3 Å². The number of hydrogen-bond acceptors (Lipinski definition) is 3. The lowest BCUT2D eigenvalue weighted by molar-refractivity contribution is -0.132. The number of aromatic nitrogens is 2. The maximum absolute atomic E-state index is 13.0. The summed E-state index contributed by atoms with van der Waals surface area (Å²) in [5.41, 5.74) is 0.546. The fraction of sp³-hybridized carbons (Fsp3) is 0.412. The van der Waals surface area contributed by atoms with Crippen molar-refractivity contribution in [1.29, 1.82) is 0 Å². The second-order valence-electron chi connectivity index (χ2n) is 5.81. The summed E-state index contributed by atoms with van der Waals surface area (Å²) in [5.74, 6) is 0.0711. The van der Waals surface area contributed by atoms with Crippen molar-refractivity contribution in [3.05, 3.63) is 53.9 Å². The molecule has 1 aromatic carbocycles. The summed E-state index contributed by atoms with van der Waals surface area (Å²) >= 11 is 0. The molecule has 2 aromatic rings. The van der Waals surface area contributed by atoms with Crippen LogP contribution in [0.15, 0.2) is 36.7 Å². The molecule has 6 heteroatoms. The third kappa shape index (κ3) is 3.59. The van der Waals surface area contributed by atoms with Gasteiger partial charge in [-0.25, -0.2) is 9.37 Å². The fourth-order valence-corrected chi connectivity index (χ4v) is 2.89. The van der Waals surface area contributed by atoms with Crippen molar-refractivity contribution in [3.63, 3.8) is 0 Å². The maximum atomic E-state index is 13.0. The Kier molecular flexibility index (Phi) is 4.71. The molecule has 0 unspecified atom stereocenters. The Labute approximate surface area is 134 Å². The second kappa shape index (κ2) is 6.91. The molecular formula is C17H20FN3O2. The summed E-state index contributed by atoms with van der Waals surface area (Å²) in [7, 11) is 0. The van der Waals surface area contributed by atoms with Gasteiger partial charge in [-0.15, -0.1) is 0 Å². The topological polar surface area (TPSA) is 58.4 Å². The van der Waals surface area contributed by atoms with Crippen LogP contribution in [0.2, 0.25) is 0 Å². The lowest BCUT2D eigenvalue weighted by Crippen LogP contribution is -2.38. The minimum absolute atomic E-state index is 0.0373. The molecule has 0 radical (unpaired) electrons. The first kappa shape index (κ1) is 15.7. The van der Waals surface area contributed by atoms with Crippen LogP contribution in [0, 0.1) is 5.82 Å². The number of amides is 1. The lowest BCUT2D eigenvalue weighted by Gasteiger charge is -2.27. The van der Waals surface area contributed by atoms with Crippen LogP contribution >= 0.6 is 0 Å². The summed E-state index contributed by atoms with van der Waals surface area (Å²) in [5, 5.41) is 10.4. The molecule has 0 bridgehead atoms. The Morgan fingerprint density at radius 3 is 2.61 bits per heavy atom. The molecule has 5 nitrogen and oxygen atoms in total. The number of benzene rings is 1. The highest BCUT2D eigenvalue weighted by Gasteiger charge is 2.21. The molecule has 1 aliphatic heterocycles. The molecular weight excluding hydrogens is 297 g/mol. The Morgan fingerprint density at radius 1 is 1.22 bits per heavy atom. The first-order chi connectivity index (χ1) is 11.1. The predicted molar refractivity (Wildman–Crippen MR) is 83.1 cm³/mol. The van der Waals surface area contributed by atoms with Crippen LogP contribution in [0.3, 0.4) is 0 Å². The number of nitrogens with zero attached hydrogens (tertiary/aromatic N) is 3. The zero-order valence-corrected chi connectivity index (χ0v) is 12.9. The number of carbonyl (C=O) groups excluding carboxylic acids is 1. The maximum Gasteiger partial charge on any atom is 0.242 e. The summed E-state index contributed by atoms with van der Waals surface area (Å²) < 4.78 is 14.7. The van der Waals surface area contributed by atoms with Crippen LogP contribution in [-0.2, 0) is 11.3 Å². The van der Waals surface area contributed by atoms with E-state index in [4.69, 9.17) is 0 Å². The quantitative estimate of drug-likeness (QED) is 0.939. The molecule has 0 saturated carbocycles. The molecule has 0 aliphatic carbocycles. The molecule has 1 atom stereocenters. The van der Waals surface area contributed by atoms with Gasteiger partial charge < -0.3 is 14.6 Å². The summed E-state index contributed by atoms with van der Waals surface area (Å²) in [4.78, 5) is 18.4. The largest absolute Gasteiger partial charge is 0.380 e. The number of aliphatic hydroxyl groups excluding tert-OH is 1. The van der Waals surface area contributed by atoms with Gasteiger partial charge in [0.1, 0.15) is 24.3 Å². The van der Waals surface area contributed by atoms with E-state index in [1.807, 2.05) is 4.90 Å². The van der Waals surface area contributed by atoms with E-state index in [0.29, 0.717) is 11.4 Å². The van der Waals surface area contributed by atoms with Gasteiger partial charge in [0.05, 0.1) is 0 Å². The van der Waals surface area contributed by atoms with Gasteiger partial charge in [-0.3, -0.25) is 4.79 Å². The van der Waals surface area contributed by atoms with Gasteiger partial charge in [0.2, 0.25) is 5.91 Å². The molecule has 1 amide bonds. The normalized spacial score (nSPS) is 16.3. The third-order valence-electron chi connectivity index (χ3n) is 4.19. The zero-order valence-electron chi connectivity index (χ0n) is 12.9. The minimum atomic E-state index is -0.986. The molecule has 0 spiro atoms. The van der Waals surface area contributed by atoms with Crippen LogP contribution in [0.1, 0.15) is 36.8 Å². The Hall–Kier alpha value is -2.21. The highest BCUT2D eigenvalue weighted by Crippen LogP contribution is 2.21. The van der Waals surface area contributed by atoms with Crippen LogP contribution in [-0.4, -0.2) is 38.6 Å². The van der Waals surface area contributed by atoms with Crippen LogP contribution in [0.5, 0.6) is 0 Å². The molecule has 23 heavy (non-hydrogen) atoms. The van der Waals surface area contributed by atoms with E-state index < -0.39 is 6.10 Å². The number of halogens is 1. The van der Waals surface area contributed by atoms with Gasteiger partial charge in [-0.05, 0) is 37.0 Å². The first-order valence-corrected chi connectivity index (χ1v) is 7.87. The number of carbonyl (C=O) groups is 1. The van der Waals surface area contributed by atoms with Crippen molar-refractivity contribution in [2.75, 3.05) is 13.1 Å². The van der Waals surface area contributed by atoms with Crippen molar-refractivity contribution in [3.8, 4) is 0 Å². The fourth-order valence-electron chi connectivity index (χ4n) is 2.89. The highest BCUT2D eigenvalue weighted by atomic mass is 19.1. The van der Waals surface area contributed by atoms with E-state index in [9.17, 15) is 14.3 Å². The number of aliphatic hydroxyl groups is 1. The Balaban J connectivity index is 1.73. The van der Waals surface area contributed by atoms with Gasteiger partial charge in [-0.2, -0.15) is 0 Å². The number of imidazole rings is 1. The van der Waals surface area contributed by atoms with Gasteiger partial charge >= 0.3 is 0 Å². The highest BCUT2D eigenvalue weighted by molar-refractivity contribution is 5.76. The molecule has 1 N–H and O–H groups in total. The molecule has 1 fully saturated rings. The summed E-state index contributed by atoms with van der Waals surface area (Å²) in [6.45, 7) is 1.75. The monoisotopic (exact) mass is 317 g/mol. The van der Waals surface area contributed by atoms with Gasteiger partial charge in [0.15, 0.2) is 0 Å². The number of piperidine rings is 1. The number of rotatable bonds is 4. The van der Waals surface area contributed by atoms with Gasteiger partial charge in [0, 0.05) is 25.5 Å². The van der Waals surface area contributed by atoms with Crippen molar-refractivity contribution in [2.24, 2.45) is 0 Å². The molecule has 1 aromatic heterocycles. The van der Waals surface area contributed by atoms with Crippen LogP contribution < -0.4 is 0 Å². The lowest BCUT2D eigenvalue weighted by atomic mass is 10.1. The molecule has 3 rings (SSSR count). The first-order valence-electron chi connectivity index (χ1n) is 7.87. The number of hydrogen-bond donors (Lipinski definition) is 1. The van der Waals surface area contributed by atoms with Gasteiger partial charge in [0.25, 0.3) is 0 Å². The summed E-state index contributed by atoms with van der Waals surface area (Å²) in [6.07, 6.45) is 5.51. The van der Waals surface area contributed by atoms with Crippen molar-refractivity contribution in [1.82, 2.24) is 14.5 Å². The molecule has 2 heterocycles. The van der Waals surface area contributed by atoms with E-state index in [1.165, 1.54) is 30.7 Å². The van der Waals surface area contributed by atoms with E-state index in [2.05, 4.69) is 4.98 Å². The second-order valence-corrected chi connectivity index (χ2v) is 5.81. The Morgan fingerprint density at radius 2 is 1.91 bits per heavy atom. The van der Waals surface area contributed by atoms with E-state index in [0.717, 1.165) is 25.9 Å². The minimum Gasteiger partial charge on any atom is -0.380 e. The average Bonchev–Trinajstić information content (AvgIpc) is 3.04. The van der Waals surface area contributed by atoms with E-state index in [1.54, 1.807) is 17.0 Å². The summed E-state index contributed by atoms with van der Waals surface area (Å²) in [6, 6.07) is 5.63. The Bertz CT molecular complexity index is 663. The SMILES string of the molecule is O=C(Cn1ccnc1[C@@H](O)c1ccc(F)cc1)N1CCCCC1. The van der Waals surface area contributed by atoms with E-state index in [-0.39, 0.29) is 18.3 Å².